The Morgan fingerprint density at radius 3 is 2.90 bits per heavy atom. The number of fused-ring (bicyclic) bond motifs is 7. The Morgan fingerprint density at radius 1 is 1.10 bits per heavy atom. The molecular weight excluding hydrogens is 374 g/mol. The average molecular weight is 406 g/mol. The molecule has 6 rings (SSSR count). The molecule has 0 saturated carbocycles. The fourth-order valence-corrected chi connectivity index (χ4v) is 6.95. The maximum absolute atomic E-state index is 13.4. The molecule has 0 aromatic heterocycles. The van der Waals surface area contributed by atoms with Crippen molar-refractivity contribution in [3.8, 4) is 0 Å². The van der Waals surface area contributed by atoms with Gasteiger partial charge in [0, 0.05) is 31.2 Å². The van der Waals surface area contributed by atoms with Crippen LogP contribution in [0.2, 0.25) is 0 Å². The Balaban J connectivity index is 1.22. The summed E-state index contributed by atoms with van der Waals surface area (Å²) in [6.07, 6.45) is 10.0. The molecule has 0 N–H and O–H groups in total. The molecular formula is C25H31N3O2. The van der Waals surface area contributed by atoms with Gasteiger partial charge >= 0.3 is 0 Å². The number of nitrogens with zero attached hydrogens (tertiary/aromatic N) is 3. The summed E-state index contributed by atoms with van der Waals surface area (Å²) in [5, 5.41) is 0. The van der Waals surface area contributed by atoms with Crippen molar-refractivity contribution in [2.24, 2.45) is 11.8 Å². The number of carbonyl (C=O) groups is 2. The van der Waals surface area contributed by atoms with Crippen molar-refractivity contribution in [3.05, 3.63) is 47.0 Å². The molecule has 3 saturated heterocycles. The molecule has 4 atom stereocenters. The van der Waals surface area contributed by atoms with Gasteiger partial charge in [-0.15, -0.1) is 0 Å². The maximum atomic E-state index is 13.4. The molecule has 30 heavy (non-hydrogen) atoms. The number of amides is 2. The summed E-state index contributed by atoms with van der Waals surface area (Å²) >= 11 is 0. The first-order valence-corrected chi connectivity index (χ1v) is 11.8. The molecule has 5 nitrogen and oxygen atoms in total. The SMILES string of the molecule is O=C1c2ccccc2CN1CC(=O)N1CCCC2=C[C@H]3C[C@H](CN4CCCC[C@H]34)[C@@H]21. The van der Waals surface area contributed by atoms with Gasteiger partial charge in [0.2, 0.25) is 5.91 Å². The number of rotatable bonds is 2. The molecule has 5 aliphatic rings. The second kappa shape index (κ2) is 7.23. The Kier molecular flexibility index (Phi) is 4.48. The van der Waals surface area contributed by atoms with Gasteiger partial charge in [-0.2, -0.15) is 0 Å². The fourth-order valence-electron chi connectivity index (χ4n) is 6.95. The molecule has 0 radical (unpaired) electrons. The van der Waals surface area contributed by atoms with E-state index in [2.05, 4.69) is 15.9 Å². The van der Waals surface area contributed by atoms with Crippen molar-refractivity contribution in [1.29, 1.82) is 0 Å². The molecule has 5 heteroatoms. The van der Waals surface area contributed by atoms with Crippen LogP contribution in [-0.4, -0.2) is 64.8 Å². The predicted molar refractivity (Wildman–Crippen MR) is 115 cm³/mol. The predicted octanol–water partition coefficient (Wildman–Crippen LogP) is 3.06. The van der Waals surface area contributed by atoms with E-state index in [0.717, 1.165) is 43.1 Å². The van der Waals surface area contributed by atoms with Gasteiger partial charge in [-0.05, 0) is 62.1 Å². The van der Waals surface area contributed by atoms with Crippen molar-refractivity contribution in [2.75, 3.05) is 26.2 Å². The summed E-state index contributed by atoms with van der Waals surface area (Å²) < 4.78 is 0. The van der Waals surface area contributed by atoms with Gasteiger partial charge in [0.15, 0.2) is 0 Å². The van der Waals surface area contributed by atoms with E-state index in [4.69, 9.17) is 0 Å². The van der Waals surface area contributed by atoms with E-state index in [9.17, 15) is 9.59 Å². The zero-order valence-corrected chi connectivity index (χ0v) is 17.6. The first-order valence-electron chi connectivity index (χ1n) is 11.8. The van der Waals surface area contributed by atoms with Gasteiger partial charge in [-0.1, -0.05) is 36.3 Å². The van der Waals surface area contributed by atoms with Crippen LogP contribution in [0.25, 0.3) is 0 Å². The smallest absolute Gasteiger partial charge is 0.254 e. The topological polar surface area (TPSA) is 43.9 Å². The molecule has 1 aromatic carbocycles. The second-order valence-electron chi connectivity index (χ2n) is 9.91. The zero-order valence-electron chi connectivity index (χ0n) is 17.6. The van der Waals surface area contributed by atoms with E-state index in [-0.39, 0.29) is 24.4 Å². The highest BCUT2D eigenvalue weighted by molar-refractivity contribution is 6.00. The molecule has 0 unspecified atom stereocenters. The monoisotopic (exact) mass is 405 g/mol. The first kappa shape index (κ1) is 18.6. The first-order chi connectivity index (χ1) is 14.7. The fraction of sp³-hybridized carbons (Fsp3) is 0.600. The van der Waals surface area contributed by atoms with E-state index >= 15 is 0 Å². The van der Waals surface area contributed by atoms with Crippen LogP contribution in [0.15, 0.2) is 35.9 Å². The lowest BCUT2D eigenvalue weighted by atomic mass is 9.68. The number of piperidine rings is 3. The van der Waals surface area contributed by atoms with E-state index < -0.39 is 0 Å². The summed E-state index contributed by atoms with van der Waals surface area (Å²) in [5.41, 5.74) is 3.31. The standard InChI is InChI=1S/C25H31N3O2/c29-23(16-27-14-18-6-1-2-8-21(18)25(27)30)28-11-5-7-17-12-19-13-20(24(17)28)15-26-10-4-3-9-22(19)26/h1-2,6,8,12,19-20,22,24H,3-5,7,9-11,13-16H2/t19-,20+,22+,24+/m0/s1. The molecule has 4 aliphatic heterocycles. The molecule has 1 aromatic rings. The molecule has 3 fully saturated rings. The van der Waals surface area contributed by atoms with Crippen LogP contribution < -0.4 is 0 Å². The summed E-state index contributed by atoms with van der Waals surface area (Å²) in [6.45, 7) is 3.96. The molecule has 4 heterocycles. The molecule has 2 bridgehead atoms. The number of carbonyl (C=O) groups excluding carboxylic acids is 2. The molecule has 2 amide bonds. The van der Waals surface area contributed by atoms with Crippen LogP contribution >= 0.6 is 0 Å². The number of likely N-dealkylation sites (tertiary alicyclic amines) is 1. The summed E-state index contributed by atoms with van der Waals surface area (Å²) in [7, 11) is 0. The van der Waals surface area contributed by atoms with Crippen LogP contribution in [0, 0.1) is 11.8 Å². The lowest BCUT2D eigenvalue weighted by molar-refractivity contribution is -0.137. The van der Waals surface area contributed by atoms with Crippen LogP contribution in [-0.2, 0) is 11.3 Å². The number of hydrogen-bond donors (Lipinski definition) is 0. The van der Waals surface area contributed by atoms with Crippen molar-refractivity contribution in [2.45, 2.75) is 57.2 Å². The summed E-state index contributed by atoms with van der Waals surface area (Å²) in [5.74, 6) is 1.37. The quantitative estimate of drug-likeness (QED) is 0.711. The third-order valence-electron chi connectivity index (χ3n) is 8.20. The number of benzene rings is 1. The average Bonchev–Trinajstić information content (AvgIpc) is 3.09. The Hall–Kier alpha value is -2.14. The van der Waals surface area contributed by atoms with Gasteiger partial charge in [0.1, 0.15) is 6.54 Å². The Morgan fingerprint density at radius 2 is 2.00 bits per heavy atom. The molecule has 0 spiro atoms. The van der Waals surface area contributed by atoms with Gasteiger partial charge in [-0.25, -0.2) is 0 Å². The number of hydrogen-bond acceptors (Lipinski definition) is 3. The minimum atomic E-state index is 0.00394. The molecule has 158 valence electrons. The highest BCUT2D eigenvalue weighted by atomic mass is 16.2. The zero-order chi connectivity index (χ0) is 20.2. The van der Waals surface area contributed by atoms with E-state index in [0.29, 0.717) is 18.4 Å². The van der Waals surface area contributed by atoms with Crippen LogP contribution in [0.1, 0.15) is 54.4 Å². The van der Waals surface area contributed by atoms with E-state index in [1.165, 1.54) is 37.8 Å². The van der Waals surface area contributed by atoms with Crippen molar-refractivity contribution >= 4 is 11.8 Å². The van der Waals surface area contributed by atoms with Crippen LogP contribution in [0.5, 0.6) is 0 Å². The largest absolute Gasteiger partial charge is 0.334 e. The highest BCUT2D eigenvalue weighted by Gasteiger charge is 2.47. The van der Waals surface area contributed by atoms with Gasteiger partial charge in [-0.3, -0.25) is 14.5 Å². The Bertz CT molecular complexity index is 909. The van der Waals surface area contributed by atoms with Crippen molar-refractivity contribution in [1.82, 2.24) is 14.7 Å². The normalized spacial score (nSPS) is 32.9. The Labute approximate surface area is 178 Å². The third-order valence-corrected chi connectivity index (χ3v) is 8.20. The van der Waals surface area contributed by atoms with Gasteiger partial charge < -0.3 is 9.80 Å². The summed E-state index contributed by atoms with van der Waals surface area (Å²) in [6, 6.07) is 8.73. The van der Waals surface area contributed by atoms with E-state index in [1.54, 1.807) is 4.90 Å². The lowest BCUT2D eigenvalue weighted by Crippen LogP contribution is -2.60. The van der Waals surface area contributed by atoms with Crippen LogP contribution in [0.3, 0.4) is 0 Å². The lowest BCUT2D eigenvalue weighted by Gasteiger charge is -2.54. The second-order valence-corrected chi connectivity index (χ2v) is 9.91. The van der Waals surface area contributed by atoms with Gasteiger partial charge in [0.25, 0.3) is 5.91 Å². The molecule has 1 aliphatic carbocycles. The summed E-state index contributed by atoms with van der Waals surface area (Å²) in [4.78, 5) is 32.8. The van der Waals surface area contributed by atoms with Crippen molar-refractivity contribution < 1.29 is 9.59 Å². The van der Waals surface area contributed by atoms with Crippen molar-refractivity contribution in [3.63, 3.8) is 0 Å². The van der Waals surface area contributed by atoms with Gasteiger partial charge in [0.05, 0.1) is 6.04 Å². The maximum Gasteiger partial charge on any atom is 0.254 e. The van der Waals surface area contributed by atoms with Crippen LogP contribution in [0.4, 0.5) is 0 Å². The third kappa shape index (κ3) is 2.93. The minimum absolute atomic E-state index is 0.00394. The highest BCUT2D eigenvalue weighted by Crippen LogP contribution is 2.45. The minimum Gasteiger partial charge on any atom is -0.334 e. The van der Waals surface area contributed by atoms with E-state index in [1.807, 2.05) is 24.3 Å².